The molecule has 1 heterocycles. The lowest BCUT2D eigenvalue weighted by Gasteiger charge is -2.41. The molecule has 4 aliphatic rings. The van der Waals surface area contributed by atoms with Gasteiger partial charge < -0.3 is 0 Å². The lowest BCUT2D eigenvalue weighted by molar-refractivity contribution is -0.143. The van der Waals surface area contributed by atoms with Crippen molar-refractivity contribution in [1.82, 2.24) is 0 Å². The van der Waals surface area contributed by atoms with Gasteiger partial charge in [0, 0.05) is 12.3 Å². The van der Waals surface area contributed by atoms with Crippen LogP contribution in [-0.4, -0.2) is 17.6 Å². The number of hydrogen-bond acceptors (Lipinski definition) is 3. The second-order valence-corrected chi connectivity index (χ2v) is 7.09. The smallest absolute Gasteiger partial charge is 0.238 e. The molecule has 2 bridgehead atoms. The molecular formula is C19H21NO3. The molecule has 1 aromatic rings. The van der Waals surface area contributed by atoms with Crippen molar-refractivity contribution in [2.24, 2.45) is 23.7 Å². The van der Waals surface area contributed by atoms with E-state index in [1.807, 2.05) is 24.3 Å². The van der Waals surface area contributed by atoms with Crippen molar-refractivity contribution in [2.45, 2.75) is 39.0 Å². The summed E-state index contributed by atoms with van der Waals surface area (Å²) in [6.45, 7) is 2.12. The SMILES string of the molecule is CCCc1ccc(N2C(=O)C3C4CCC(C(=O)C4)C3C2=O)cc1. The van der Waals surface area contributed by atoms with E-state index in [0.29, 0.717) is 12.1 Å². The number of nitrogens with zero attached hydrogens (tertiary/aromatic N) is 1. The van der Waals surface area contributed by atoms with Gasteiger partial charge in [-0.25, -0.2) is 0 Å². The highest BCUT2D eigenvalue weighted by atomic mass is 16.2. The van der Waals surface area contributed by atoms with Gasteiger partial charge in [-0.1, -0.05) is 25.5 Å². The van der Waals surface area contributed by atoms with Crippen LogP contribution in [0.5, 0.6) is 0 Å². The highest BCUT2D eigenvalue weighted by molar-refractivity contribution is 6.23. The van der Waals surface area contributed by atoms with Crippen LogP contribution >= 0.6 is 0 Å². The number of Topliss-reactive ketones (excluding diaryl/α,β-unsaturated/α-hetero) is 1. The van der Waals surface area contributed by atoms with Gasteiger partial charge in [-0.15, -0.1) is 0 Å². The van der Waals surface area contributed by atoms with Gasteiger partial charge in [0.25, 0.3) is 0 Å². The summed E-state index contributed by atoms with van der Waals surface area (Å²) in [7, 11) is 0. The number of rotatable bonds is 3. The Balaban J connectivity index is 1.67. The summed E-state index contributed by atoms with van der Waals surface area (Å²) in [5.74, 6) is -0.906. The molecule has 1 aromatic carbocycles. The largest absolute Gasteiger partial charge is 0.299 e. The first-order chi connectivity index (χ1) is 11.1. The first-order valence-electron chi connectivity index (χ1n) is 8.61. The fraction of sp³-hybridized carbons (Fsp3) is 0.526. The zero-order chi connectivity index (χ0) is 16.1. The van der Waals surface area contributed by atoms with Crippen LogP contribution in [0.4, 0.5) is 5.69 Å². The van der Waals surface area contributed by atoms with Crippen LogP contribution in [0, 0.1) is 23.7 Å². The molecule has 4 heteroatoms. The van der Waals surface area contributed by atoms with E-state index in [0.717, 1.165) is 25.7 Å². The number of benzene rings is 1. The third kappa shape index (κ3) is 2.07. The van der Waals surface area contributed by atoms with Gasteiger partial charge >= 0.3 is 0 Å². The molecule has 0 N–H and O–H groups in total. The summed E-state index contributed by atoms with van der Waals surface area (Å²) in [6.07, 6.45) is 4.21. The third-order valence-electron chi connectivity index (χ3n) is 5.80. The van der Waals surface area contributed by atoms with E-state index in [2.05, 4.69) is 6.92 Å². The highest BCUT2D eigenvalue weighted by Gasteiger charge is 2.60. The molecule has 0 aromatic heterocycles. The summed E-state index contributed by atoms with van der Waals surface area (Å²) < 4.78 is 0. The van der Waals surface area contributed by atoms with Crippen molar-refractivity contribution in [2.75, 3.05) is 4.90 Å². The fourth-order valence-corrected chi connectivity index (χ4v) is 4.74. The van der Waals surface area contributed by atoms with E-state index in [9.17, 15) is 14.4 Å². The van der Waals surface area contributed by atoms with Gasteiger partial charge in [-0.3, -0.25) is 19.3 Å². The molecule has 5 rings (SSSR count). The molecule has 120 valence electrons. The Labute approximate surface area is 135 Å². The van der Waals surface area contributed by atoms with E-state index in [1.165, 1.54) is 10.5 Å². The van der Waals surface area contributed by atoms with Crippen molar-refractivity contribution in [1.29, 1.82) is 0 Å². The van der Waals surface area contributed by atoms with Gasteiger partial charge in [-0.05, 0) is 42.9 Å². The van der Waals surface area contributed by atoms with E-state index in [4.69, 9.17) is 0 Å². The fourth-order valence-electron chi connectivity index (χ4n) is 4.74. The normalized spacial score (nSPS) is 32.6. The topological polar surface area (TPSA) is 54.5 Å². The molecule has 4 atom stereocenters. The maximum absolute atomic E-state index is 12.9. The predicted octanol–water partition coefficient (Wildman–Crippen LogP) is 2.74. The Morgan fingerprint density at radius 2 is 1.70 bits per heavy atom. The van der Waals surface area contributed by atoms with Crippen LogP contribution in [0.1, 0.15) is 38.2 Å². The summed E-state index contributed by atoms with van der Waals surface area (Å²) >= 11 is 0. The molecule has 0 spiro atoms. The van der Waals surface area contributed by atoms with Crippen LogP contribution in [-0.2, 0) is 20.8 Å². The van der Waals surface area contributed by atoms with Gasteiger partial charge in [-0.2, -0.15) is 0 Å². The predicted molar refractivity (Wildman–Crippen MR) is 85.7 cm³/mol. The van der Waals surface area contributed by atoms with Crippen LogP contribution in [0.15, 0.2) is 24.3 Å². The monoisotopic (exact) mass is 311 g/mol. The minimum Gasteiger partial charge on any atom is -0.299 e. The Kier molecular flexibility index (Phi) is 3.36. The van der Waals surface area contributed by atoms with Gasteiger partial charge in [0.1, 0.15) is 5.78 Å². The number of carbonyl (C=O) groups excluding carboxylic acids is 3. The van der Waals surface area contributed by atoms with Crippen molar-refractivity contribution in [3.8, 4) is 0 Å². The number of carbonyl (C=O) groups is 3. The number of imide groups is 1. The second-order valence-electron chi connectivity index (χ2n) is 7.09. The van der Waals surface area contributed by atoms with Gasteiger partial charge in [0.15, 0.2) is 0 Å². The number of fused-ring (bicyclic) bond motifs is 2. The Morgan fingerprint density at radius 1 is 1.00 bits per heavy atom. The molecule has 4 fully saturated rings. The standard InChI is InChI=1S/C19H21NO3/c1-2-3-11-4-7-13(8-5-11)20-18(22)16-12-6-9-14(15(21)10-12)17(16)19(20)23/h4-5,7-8,12,14,16-17H,2-3,6,9-10H2,1H3. The zero-order valence-electron chi connectivity index (χ0n) is 13.3. The first kappa shape index (κ1) is 14.6. The minimum atomic E-state index is -0.405. The quantitative estimate of drug-likeness (QED) is 0.807. The summed E-state index contributed by atoms with van der Waals surface area (Å²) in [4.78, 5) is 39.2. The molecule has 4 nitrogen and oxygen atoms in total. The molecule has 4 unspecified atom stereocenters. The number of amides is 2. The molecular weight excluding hydrogens is 290 g/mol. The van der Waals surface area contributed by atoms with E-state index in [1.54, 1.807) is 0 Å². The minimum absolute atomic E-state index is 0.0679. The Bertz CT molecular complexity index is 678. The number of hydrogen-bond donors (Lipinski definition) is 0. The van der Waals surface area contributed by atoms with Crippen molar-refractivity contribution in [3.63, 3.8) is 0 Å². The highest BCUT2D eigenvalue weighted by Crippen LogP contribution is 2.52. The second kappa shape index (κ2) is 5.29. The van der Waals surface area contributed by atoms with E-state index >= 15 is 0 Å². The summed E-state index contributed by atoms with van der Waals surface area (Å²) in [5.41, 5.74) is 1.86. The number of anilines is 1. The van der Waals surface area contributed by atoms with Gasteiger partial charge in [0.2, 0.25) is 11.8 Å². The van der Waals surface area contributed by atoms with Crippen molar-refractivity contribution in [3.05, 3.63) is 29.8 Å². The molecule has 1 aliphatic heterocycles. The first-order valence-corrected chi connectivity index (χ1v) is 8.61. The summed E-state index contributed by atoms with van der Waals surface area (Å²) in [5, 5.41) is 0. The Hall–Kier alpha value is -1.97. The van der Waals surface area contributed by atoms with Crippen molar-refractivity contribution < 1.29 is 14.4 Å². The third-order valence-corrected chi connectivity index (χ3v) is 5.80. The van der Waals surface area contributed by atoms with Crippen LogP contribution in [0.25, 0.3) is 0 Å². The van der Waals surface area contributed by atoms with Crippen LogP contribution in [0.2, 0.25) is 0 Å². The molecule has 0 radical (unpaired) electrons. The molecule has 3 aliphatic carbocycles. The average Bonchev–Trinajstić information content (AvgIpc) is 2.82. The maximum Gasteiger partial charge on any atom is 0.238 e. The van der Waals surface area contributed by atoms with Gasteiger partial charge in [0.05, 0.1) is 17.5 Å². The lowest BCUT2D eigenvalue weighted by atomic mass is 9.59. The molecule has 23 heavy (non-hydrogen) atoms. The number of ketones is 1. The van der Waals surface area contributed by atoms with E-state index < -0.39 is 5.92 Å². The molecule has 2 amide bonds. The van der Waals surface area contributed by atoms with E-state index in [-0.39, 0.29) is 35.4 Å². The van der Waals surface area contributed by atoms with Crippen LogP contribution < -0.4 is 4.90 Å². The van der Waals surface area contributed by atoms with Crippen LogP contribution in [0.3, 0.4) is 0 Å². The summed E-state index contributed by atoms with van der Waals surface area (Å²) in [6, 6.07) is 7.70. The Morgan fingerprint density at radius 3 is 2.35 bits per heavy atom. The number of aryl methyl sites for hydroxylation is 1. The average molecular weight is 311 g/mol. The zero-order valence-corrected chi connectivity index (χ0v) is 13.3. The lowest BCUT2D eigenvalue weighted by Crippen LogP contribution is -2.46. The molecule has 3 saturated carbocycles. The maximum atomic E-state index is 12.9. The van der Waals surface area contributed by atoms with Crippen molar-refractivity contribution >= 4 is 23.3 Å². The molecule has 1 saturated heterocycles.